The van der Waals surface area contributed by atoms with Crippen LogP contribution < -0.4 is 5.32 Å². The van der Waals surface area contributed by atoms with E-state index in [4.69, 9.17) is 0 Å². The second-order valence-corrected chi connectivity index (χ2v) is 6.23. The van der Waals surface area contributed by atoms with Gasteiger partial charge in [0.1, 0.15) is 5.82 Å². The molecule has 6 heteroatoms. The van der Waals surface area contributed by atoms with Gasteiger partial charge in [-0.3, -0.25) is 9.88 Å². The number of pyridine rings is 1. The van der Waals surface area contributed by atoms with Crippen molar-refractivity contribution in [3.63, 3.8) is 0 Å². The Labute approximate surface area is 147 Å². The molecule has 2 heterocycles. The lowest BCUT2D eigenvalue weighted by molar-refractivity contribution is 0.135. The van der Waals surface area contributed by atoms with Gasteiger partial charge in [0.15, 0.2) is 0 Å². The van der Waals surface area contributed by atoms with Gasteiger partial charge in [0.25, 0.3) is 0 Å². The average Bonchev–Trinajstić information content (AvgIpc) is 2.65. The van der Waals surface area contributed by atoms with Crippen LogP contribution in [0.5, 0.6) is 0 Å². The number of rotatable bonds is 5. The van der Waals surface area contributed by atoms with Crippen molar-refractivity contribution in [3.05, 3.63) is 65.7 Å². The first-order valence-corrected chi connectivity index (χ1v) is 8.59. The van der Waals surface area contributed by atoms with Crippen LogP contribution in [0.4, 0.5) is 9.18 Å². The third kappa shape index (κ3) is 5.26. The molecule has 5 nitrogen and oxygen atoms in total. The zero-order chi connectivity index (χ0) is 17.5. The Kier molecular flexibility index (Phi) is 5.95. The van der Waals surface area contributed by atoms with Crippen LogP contribution in [0.15, 0.2) is 48.8 Å². The fourth-order valence-corrected chi connectivity index (χ4v) is 2.94. The highest BCUT2D eigenvalue weighted by molar-refractivity contribution is 5.74. The van der Waals surface area contributed by atoms with Gasteiger partial charge in [0.2, 0.25) is 0 Å². The number of aromatic nitrogens is 1. The van der Waals surface area contributed by atoms with Gasteiger partial charge < -0.3 is 10.2 Å². The lowest BCUT2D eigenvalue weighted by Gasteiger charge is -2.34. The molecule has 1 aromatic heterocycles. The molecule has 1 N–H and O–H groups in total. The van der Waals surface area contributed by atoms with E-state index in [1.165, 1.54) is 17.7 Å². The topological polar surface area (TPSA) is 48.5 Å². The molecular formula is C19H23FN4O. The van der Waals surface area contributed by atoms with Crippen molar-refractivity contribution in [2.45, 2.75) is 13.0 Å². The molecule has 1 aromatic carbocycles. The number of hydrogen-bond donors (Lipinski definition) is 1. The predicted molar refractivity (Wildman–Crippen MR) is 94.6 cm³/mol. The number of nitrogens with zero attached hydrogens (tertiary/aromatic N) is 3. The highest BCUT2D eigenvalue weighted by Gasteiger charge is 2.20. The van der Waals surface area contributed by atoms with E-state index in [0.717, 1.165) is 38.3 Å². The van der Waals surface area contributed by atoms with Crippen molar-refractivity contribution >= 4 is 6.03 Å². The molecule has 1 aliphatic rings. The van der Waals surface area contributed by atoms with Crippen molar-refractivity contribution < 1.29 is 9.18 Å². The summed E-state index contributed by atoms with van der Waals surface area (Å²) in [4.78, 5) is 20.6. The van der Waals surface area contributed by atoms with Gasteiger partial charge in [0, 0.05) is 51.7 Å². The molecule has 3 rings (SSSR count). The first-order valence-electron chi connectivity index (χ1n) is 8.59. The third-order valence-corrected chi connectivity index (χ3v) is 4.39. The summed E-state index contributed by atoms with van der Waals surface area (Å²) >= 11 is 0. The maximum Gasteiger partial charge on any atom is 0.317 e. The largest absolute Gasteiger partial charge is 0.338 e. The molecule has 0 unspecified atom stereocenters. The van der Waals surface area contributed by atoms with E-state index in [9.17, 15) is 9.18 Å². The number of benzene rings is 1. The van der Waals surface area contributed by atoms with Gasteiger partial charge in [-0.05, 0) is 35.7 Å². The third-order valence-electron chi connectivity index (χ3n) is 4.39. The van der Waals surface area contributed by atoms with E-state index in [2.05, 4.69) is 21.3 Å². The smallest absolute Gasteiger partial charge is 0.317 e. The van der Waals surface area contributed by atoms with Crippen LogP contribution >= 0.6 is 0 Å². The number of piperazine rings is 1. The molecule has 2 aromatic rings. The van der Waals surface area contributed by atoms with E-state index < -0.39 is 0 Å². The number of halogens is 1. The summed E-state index contributed by atoms with van der Waals surface area (Å²) in [5, 5.41) is 2.94. The number of amides is 2. The second-order valence-electron chi connectivity index (χ2n) is 6.23. The van der Waals surface area contributed by atoms with E-state index in [0.29, 0.717) is 13.0 Å². The Balaban J connectivity index is 1.37. The molecular weight excluding hydrogens is 319 g/mol. The van der Waals surface area contributed by atoms with Gasteiger partial charge >= 0.3 is 6.03 Å². The SMILES string of the molecule is O=C(NCCc1ccc(F)cc1)N1CCN(Cc2cccnc2)CC1. The van der Waals surface area contributed by atoms with Gasteiger partial charge in [-0.1, -0.05) is 18.2 Å². The molecule has 0 atom stereocenters. The Morgan fingerprint density at radius 1 is 1.08 bits per heavy atom. The van der Waals surface area contributed by atoms with Crippen molar-refractivity contribution in [3.8, 4) is 0 Å². The zero-order valence-electron chi connectivity index (χ0n) is 14.2. The van der Waals surface area contributed by atoms with E-state index in [1.807, 2.05) is 17.2 Å². The standard InChI is InChI=1S/C19H23FN4O/c20-18-5-3-16(4-6-18)7-9-22-19(25)24-12-10-23(11-13-24)15-17-2-1-8-21-14-17/h1-6,8,14H,7,9-13,15H2,(H,22,25). The van der Waals surface area contributed by atoms with Crippen LogP contribution in [-0.2, 0) is 13.0 Å². The Bertz CT molecular complexity index is 670. The lowest BCUT2D eigenvalue weighted by Crippen LogP contribution is -2.51. The minimum absolute atomic E-state index is 0.0249. The Hall–Kier alpha value is -2.47. The molecule has 1 fully saturated rings. The summed E-state index contributed by atoms with van der Waals surface area (Å²) in [6, 6.07) is 10.4. The average molecular weight is 342 g/mol. The molecule has 0 spiro atoms. The summed E-state index contributed by atoms with van der Waals surface area (Å²) in [6.07, 6.45) is 4.36. The summed E-state index contributed by atoms with van der Waals surface area (Å²) in [7, 11) is 0. The summed E-state index contributed by atoms with van der Waals surface area (Å²) < 4.78 is 12.9. The van der Waals surface area contributed by atoms with Gasteiger partial charge in [0.05, 0.1) is 0 Å². The minimum atomic E-state index is -0.239. The first-order chi connectivity index (χ1) is 12.2. The first kappa shape index (κ1) is 17.4. The van der Waals surface area contributed by atoms with Crippen molar-refractivity contribution in [2.75, 3.05) is 32.7 Å². The molecule has 25 heavy (non-hydrogen) atoms. The molecule has 0 bridgehead atoms. The highest BCUT2D eigenvalue weighted by Crippen LogP contribution is 2.08. The maximum absolute atomic E-state index is 12.9. The molecule has 132 valence electrons. The molecule has 1 aliphatic heterocycles. The summed E-state index contributed by atoms with van der Waals surface area (Å²) in [6.45, 7) is 4.60. The Morgan fingerprint density at radius 3 is 2.52 bits per heavy atom. The molecule has 0 saturated carbocycles. The van der Waals surface area contributed by atoms with Crippen molar-refractivity contribution in [2.24, 2.45) is 0 Å². The van der Waals surface area contributed by atoms with Crippen molar-refractivity contribution in [1.82, 2.24) is 20.1 Å². The quantitative estimate of drug-likeness (QED) is 0.907. The molecule has 0 radical (unpaired) electrons. The number of nitrogens with one attached hydrogen (secondary N) is 1. The van der Waals surface area contributed by atoms with E-state index in [1.54, 1.807) is 18.3 Å². The predicted octanol–water partition coefficient (Wildman–Crippen LogP) is 2.29. The number of carbonyl (C=O) groups excluding carboxylic acids is 1. The number of hydrogen-bond acceptors (Lipinski definition) is 3. The fraction of sp³-hybridized carbons (Fsp3) is 0.368. The molecule has 1 saturated heterocycles. The molecule has 0 aliphatic carbocycles. The van der Waals surface area contributed by atoms with Crippen LogP contribution in [0.25, 0.3) is 0 Å². The monoisotopic (exact) mass is 342 g/mol. The van der Waals surface area contributed by atoms with E-state index >= 15 is 0 Å². The van der Waals surface area contributed by atoms with Crippen LogP contribution in [0, 0.1) is 5.82 Å². The van der Waals surface area contributed by atoms with Crippen LogP contribution in [0.2, 0.25) is 0 Å². The van der Waals surface area contributed by atoms with Crippen LogP contribution in [0.3, 0.4) is 0 Å². The summed E-state index contributed by atoms with van der Waals surface area (Å²) in [5.74, 6) is -0.239. The highest BCUT2D eigenvalue weighted by atomic mass is 19.1. The Morgan fingerprint density at radius 2 is 1.84 bits per heavy atom. The second kappa shape index (κ2) is 8.58. The van der Waals surface area contributed by atoms with Crippen LogP contribution in [-0.4, -0.2) is 53.5 Å². The van der Waals surface area contributed by atoms with Crippen LogP contribution in [0.1, 0.15) is 11.1 Å². The lowest BCUT2D eigenvalue weighted by atomic mass is 10.1. The van der Waals surface area contributed by atoms with E-state index in [-0.39, 0.29) is 11.8 Å². The van der Waals surface area contributed by atoms with Crippen molar-refractivity contribution in [1.29, 1.82) is 0 Å². The summed E-state index contributed by atoms with van der Waals surface area (Å²) in [5.41, 5.74) is 2.21. The van der Waals surface area contributed by atoms with Gasteiger partial charge in [-0.2, -0.15) is 0 Å². The normalized spacial score (nSPS) is 15.2. The fourth-order valence-electron chi connectivity index (χ4n) is 2.94. The number of carbonyl (C=O) groups is 1. The van der Waals surface area contributed by atoms with Gasteiger partial charge in [-0.25, -0.2) is 9.18 Å². The minimum Gasteiger partial charge on any atom is -0.338 e. The number of urea groups is 1. The van der Waals surface area contributed by atoms with Gasteiger partial charge in [-0.15, -0.1) is 0 Å². The molecule has 2 amide bonds. The maximum atomic E-state index is 12.9. The zero-order valence-corrected chi connectivity index (χ0v) is 14.2.